The summed E-state index contributed by atoms with van der Waals surface area (Å²) in [6, 6.07) is 10.7. The van der Waals surface area contributed by atoms with Crippen LogP contribution in [0.4, 0.5) is 11.4 Å². The van der Waals surface area contributed by atoms with Gasteiger partial charge in [-0.3, -0.25) is 9.59 Å². The first kappa shape index (κ1) is 17.5. The SMILES string of the molecule is Cc1cc(C)c(NC(=O)CN(C)C(=O)c2ccc(N)cc2)c(C)c1. The van der Waals surface area contributed by atoms with Gasteiger partial charge in [-0.25, -0.2) is 0 Å². The number of hydrogen-bond donors (Lipinski definition) is 2. The lowest BCUT2D eigenvalue weighted by molar-refractivity contribution is -0.116. The largest absolute Gasteiger partial charge is 0.399 e. The Balaban J connectivity index is 2.04. The van der Waals surface area contributed by atoms with Crippen molar-refractivity contribution in [2.75, 3.05) is 24.6 Å². The van der Waals surface area contributed by atoms with Crippen molar-refractivity contribution in [3.63, 3.8) is 0 Å². The quantitative estimate of drug-likeness (QED) is 0.849. The fourth-order valence-electron chi connectivity index (χ4n) is 2.69. The van der Waals surface area contributed by atoms with Gasteiger partial charge in [0.15, 0.2) is 0 Å². The molecule has 0 aliphatic carbocycles. The van der Waals surface area contributed by atoms with Crippen LogP contribution in [-0.4, -0.2) is 30.3 Å². The zero-order valence-electron chi connectivity index (χ0n) is 14.5. The number of nitrogens with two attached hydrogens (primary N) is 1. The van der Waals surface area contributed by atoms with Crippen molar-refractivity contribution in [2.45, 2.75) is 20.8 Å². The van der Waals surface area contributed by atoms with Crippen LogP contribution >= 0.6 is 0 Å². The molecular weight excluding hydrogens is 302 g/mol. The second-order valence-corrected chi connectivity index (χ2v) is 6.11. The summed E-state index contributed by atoms with van der Waals surface area (Å²) in [5.74, 6) is -0.446. The molecule has 3 N–H and O–H groups in total. The molecule has 126 valence electrons. The maximum absolute atomic E-state index is 12.3. The van der Waals surface area contributed by atoms with E-state index >= 15 is 0 Å². The first-order valence-electron chi connectivity index (χ1n) is 7.76. The summed E-state index contributed by atoms with van der Waals surface area (Å²) in [7, 11) is 1.60. The Morgan fingerprint density at radius 2 is 1.58 bits per heavy atom. The molecule has 0 aliphatic rings. The van der Waals surface area contributed by atoms with Crippen LogP contribution in [-0.2, 0) is 4.79 Å². The van der Waals surface area contributed by atoms with E-state index in [0.717, 1.165) is 22.4 Å². The Morgan fingerprint density at radius 1 is 1.04 bits per heavy atom. The van der Waals surface area contributed by atoms with E-state index in [4.69, 9.17) is 5.73 Å². The molecule has 0 unspecified atom stereocenters. The van der Waals surface area contributed by atoms with Gasteiger partial charge in [0.05, 0.1) is 6.54 Å². The maximum Gasteiger partial charge on any atom is 0.254 e. The summed E-state index contributed by atoms with van der Waals surface area (Å²) in [5, 5.41) is 2.90. The van der Waals surface area contributed by atoms with Gasteiger partial charge in [0.1, 0.15) is 0 Å². The highest BCUT2D eigenvalue weighted by Gasteiger charge is 2.16. The number of rotatable bonds is 4. The first-order valence-corrected chi connectivity index (χ1v) is 7.76. The maximum atomic E-state index is 12.3. The van der Waals surface area contributed by atoms with E-state index in [-0.39, 0.29) is 18.4 Å². The summed E-state index contributed by atoms with van der Waals surface area (Å²) < 4.78 is 0. The van der Waals surface area contributed by atoms with Crippen LogP contribution in [0.25, 0.3) is 0 Å². The third-order valence-electron chi connectivity index (χ3n) is 3.83. The van der Waals surface area contributed by atoms with E-state index in [1.165, 1.54) is 4.90 Å². The van der Waals surface area contributed by atoms with Gasteiger partial charge in [-0.2, -0.15) is 0 Å². The van der Waals surface area contributed by atoms with Crippen LogP contribution in [0.5, 0.6) is 0 Å². The molecule has 0 radical (unpaired) electrons. The van der Waals surface area contributed by atoms with Crippen molar-refractivity contribution >= 4 is 23.2 Å². The molecule has 0 heterocycles. The molecule has 24 heavy (non-hydrogen) atoms. The Hall–Kier alpha value is -2.82. The third kappa shape index (κ3) is 4.13. The molecule has 0 aromatic heterocycles. The average molecular weight is 325 g/mol. The molecule has 5 heteroatoms. The molecule has 0 saturated carbocycles. The molecule has 0 saturated heterocycles. The van der Waals surface area contributed by atoms with E-state index < -0.39 is 0 Å². The molecule has 2 rings (SSSR count). The number of anilines is 2. The topological polar surface area (TPSA) is 75.4 Å². The number of likely N-dealkylation sites (N-methyl/N-ethyl adjacent to an activating group) is 1. The Bertz CT molecular complexity index is 744. The number of carbonyl (C=O) groups is 2. The average Bonchev–Trinajstić information content (AvgIpc) is 2.50. The molecule has 2 aromatic rings. The van der Waals surface area contributed by atoms with Gasteiger partial charge in [0, 0.05) is 24.0 Å². The standard InChI is InChI=1S/C19H23N3O2/c1-12-9-13(2)18(14(3)10-12)21-17(23)11-22(4)19(24)15-5-7-16(20)8-6-15/h5-10H,11,20H2,1-4H3,(H,21,23). The van der Waals surface area contributed by atoms with Gasteiger partial charge in [0.25, 0.3) is 5.91 Å². The molecule has 5 nitrogen and oxygen atoms in total. The number of hydrogen-bond acceptors (Lipinski definition) is 3. The van der Waals surface area contributed by atoms with Gasteiger partial charge in [-0.05, 0) is 56.2 Å². The van der Waals surface area contributed by atoms with Gasteiger partial charge in [0.2, 0.25) is 5.91 Å². The van der Waals surface area contributed by atoms with Gasteiger partial charge >= 0.3 is 0 Å². The van der Waals surface area contributed by atoms with Crippen LogP contribution in [0.15, 0.2) is 36.4 Å². The number of amides is 2. The number of benzene rings is 2. The van der Waals surface area contributed by atoms with E-state index in [1.54, 1.807) is 31.3 Å². The zero-order valence-corrected chi connectivity index (χ0v) is 14.5. The van der Waals surface area contributed by atoms with Crippen LogP contribution in [0.2, 0.25) is 0 Å². The van der Waals surface area contributed by atoms with Crippen molar-refractivity contribution in [1.29, 1.82) is 0 Å². The van der Waals surface area contributed by atoms with Crippen molar-refractivity contribution in [1.82, 2.24) is 4.90 Å². The van der Waals surface area contributed by atoms with Gasteiger partial charge in [-0.15, -0.1) is 0 Å². The second-order valence-electron chi connectivity index (χ2n) is 6.11. The normalized spacial score (nSPS) is 10.3. The molecule has 0 bridgehead atoms. The van der Waals surface area contributed by atoms with E-state index in [0.29, 0.717) is 11.3 Å². The number of carbonyl (C=O) groups excluding carboxylic acids is 2. The zero-order chi connectivity index (χ0) is 17.9. The summed E-state index contributed by atoms with van der Waals surface area (Å²) in [5.41, 5.74) is 10.7. The smallest absolute Gasteiger partial charge is 0.254 e. The van der Waals surface area contributed by atoms with Crippen molar-refractivity contribution in [3.8, 4) is 0 Å². The number of nitrogens with one attached hydrogen (secondary N) is 1. The monoisotopic (exact) mass is 325 g/mol. The van der Waals surface area contributed by atoms with Gasteiger partial charge < -0.3 is 16.0 Å². The molecule has 2 aromatic carbocycles. The van der Waals surface area contributed by atoms with E-state index in [2.05, 4.69) is 5.32 Å². The second kappa shape index (κ2) is 7.17. The molecule has 0 aliphatic heterocycles. The Morgan fingerprint density at radius 3 is 2.12 bits per heavy atom. The first-order chi connectivity index (χ1) is 11.3. The lowest BCUT2D eigenvalue weighted by atomic mass is 10.1. The van der Waals surface area contributed by atoms with Gasteiger partial charge in [-0.1, -0.05) is 17.7 Å². The number of aryl methyl sites for hydroxylation is 3. The highest BCUT2D eigenvalue weighted by Crippen LogP contribution is 2.21. The summed E-state index contributed by atoms with van der Waals surface area (Å²) in [6.45, 7) is 5.92. The molecule has 0 fully saturated rings. The summed E-state index contributed by atoms with van der Waals surface area (Å²) in [6.07, 6.45) is 0. The van der Waals surface area contributed by atoms with Crippen LogP contribution < -0.4 is 11.1 Å². The number of nitrogens with zero attached hydrogens (tertiary/aromatic N) is 1. The minimum atomic E-state index is -0.226. The number of nitrogen functional groups attached to an aromatic ring is 1. The summed E-state index contributed by atoms with van der Waals surface area (Å²) >= 11 is 0. The molecule has 0 spiro atoms. The van der Waals surface area contributed by atoms with E-state index in [9.17, 15) is 9.59 Å². The lowest BCUT2D eigenvalue weighted by Gasteiger charge is -2.18. The lowest BCUT2D eigenvalue weighted by Crippen LogP contribution is -2.35. The Kier molecular flexibility index (Phi) is 5.24. The van der Waals surface area contributed by atoms with Crippen molar-refractivity contribution < 1.29 is 9.59 Å². The fourth-order valence-corrected chi connectivity index (χ4v) is 2.69. The fraction of sp³-hybridized carbons (Fsp3) is 0.263. The van der Waals surface area contributed by atoms with Crippen LogP contribution in [0, 0.1) is 20.8 Å². The molecule has 2 amide bonds. The van der Waals surface area contributed by atoms with Crippen LogP contribution in [0.1, 0.15) is 27.0 Å². The Labute approximate surface area is 142 Å². The van der Waals surface area contributed by atoms with E-state index in [1.807, 2.05) is 32.9 Å². The summed E-state index contributed by atoms with van der Waals surface area (Å²) in [4.78, 5) is 26.0. The third-order valence-corrected chi connectivity index (χ3v) is 3.83. The van der Waals surface area contributed by atoms with Crippen LogP contribution in [0.3, 0.4) is 0 Å². The minimum absolute atomic E-state index is 0.0179. The minimum Gasteiger partial charge on any atom is -0.399 e. The molecular formula is C19H23N3O2. The van der Waals surface area contributed by atoms with Crippen molar-refractivity contribution in [3.05, 3.63) is 58.7 Å². The highest BCUT2D eigenvalue weighted by atomic mass is 16.2. The predicted octanol–water partition coefficient (Wildman–Crippen LogP) is 2.90. The highest BCUT2D eigenvalue weighted by molar-refractivity contribution is 5.99. The predicted molar refractivity (Wildman–Crippen MR) is 97.1 cm³/mol. The van der Waals surface area contributed by atoms with Crippen molar-refractivity contribution in [2.24, 2.45) is 0 Å². The molecule has 0 atom stereocenters.